The molecule has 0 aromatic heterocycles. The number of hydrogen-bond acceptors (Lipinski definition) is 6. The maximum Gasteiger partial charge on any atom is 0.191 e. The summed E-state index contributed by atoms with van der Waals surface area (Å²) in [4.78, 5) is -1.57. The zero-order valence-corrected chi connectivity index (χ0v) is 25.7. The quantitative estimate of drug-likeness (QED) is 0.181. The van der Waals surface area contributed by atoms with Gasteiger partial charge in [0, 0.05) is 26.0 Å². The molecule has 0 heterocycles. The van der Waals surface area contributed by atoms with Crippen molar-refractivity contribution in [3.63, 3.8) is 0 Å². The van der Waals surface area contributed by atoms with Gasteiger partial charge in [-0.1, -0.05) is 106 Å². The van der Waals surface area contributed by atoms with E-state index in [4.69, 9.17) is 15.3 Å². The number of rotatable bonds is 14. The lowest BCUT2D eigenvalue weighted by Crippen LogP contribution is -2.45. The topological polar surface area (TPSA) is 102 Å². The summed E-state index contributed by atoms with van der Waals surface area (Å²) in [7, 11) is -5.21. The van der Waals surface area contributed by atoms with Gasteiger partial charge in [0.2, 0.25) is 0 Å². The summed E-state index contributed by atoms with van der Waals surface area (Å²) in [5.41, 5.74) is 9.98. The van der Waals surface area contributed by atoms with Gasteiger partial charge in [-0.05, 0) is 46.8 Å². The molecule has 0 radical (unpaired) electrons. The number of hydrogen-bond donors (Lipinski definition) is 3. The van der Waals surface area contributed by atoms with E-state index in [0.717, 1.165) is 36.7 Å². The van der Waals surface area contributed by atoms with E-state index >= 15 is 0 Å². The van der Waals surface area contributed by atoms with Crippen LogP contribution >= 0.6 is 0 Å². The molecule has 1 atom stereocenters. The lowest BCUT2D eigenvalue weighted by molar-refractivity contribution is 0.292. The summed E-state index contributed by atoms with van der Waals surface area (Å²) >= 11 is 0. The molecule has 0 spiro atoms. The third kappa shape index (κ3) is 9.38. The predicted molar refractivity (Wildman–Crippen MR) is 165 cm³/mol. The maximum absolute atomic E-state index is 12.7. The number of benzene rings is 3. The van der Waals surface area contributed by atoms with Gasteiger partial charge < -0.3 is 20.6 Å². The van der Waals surface area contributed by atoms with Crippen LogP contribution in [0.5, 0.6) is 0 Å². The highest BCUT2D eigenvalue weighted by Gasteiger charge is 2.40. The Hall–Kier alpha value is -2.33. The van der Waals surface area contributed by atoms with Crippen molar-refractivity contribution in [2.75, 3.05) is 26.0 Å². The Bertz CT molecular complexity index is 1200. The van der Waals surface area contributed by atoms with Crippen molar-refractivity contribution in [2.45, 2.75) is 56.7 Å². The fourth-order valence-corrected chi connectivity index (χ4v) is 8.35. The molecule has 0 fully saturated rings. The SMILES string of the molecule is CC[Si](CC)(CC)OCCc1cccc([C@@](N)(c2ccccc2)S(C)(=O)=O)c1.OCCNCc1ccccc1. The van der Waals surface area contributed by atoms with Crippen molar-refractivity contribution in [3.8, 4) is 0 Å². The first-order valence-electron chi connectivity index (χ1n) is 13.8. The van der Waals surface area contributed by atoms with Gasteiger partial charge in [-0.25, -0.2) is 8.42 Å². The molecular formula is C31H46N2O4SSi. The lowest BCUT2D eigenvalue weighted by atomic mass is 9.96. The van der Waals surface area contributed by atoms with Crippen molar-refractivity contribution in [1.29, 1.82) is 0 Å². The molecule has 0 aliphatic heterocycles. The Morgan fingerprint density at radius 2 is 1.38 bits per heavy atom. The average molecular weight is 571 g/mol. The highest BCUT2D eigenvalue weighted by Crippen LogP contribution is 2.32. The zero-order chi connectivity index (χ0) is 28.8. The number of nitrogens with two attached hydrogens (primary N) is 1. The van der Waals surface area contributed by atoms with Crippen LogP contribution in [0, 0.1) is 0 Å². The first kappa shape index (κ1) is 32.9. The van der Waals surface area contributed by atoms with E-state index < -0.39 is 23.0 Å². The lowest BCUT2D eigenvalue weighted by Gasteiger charge is -2.29. The number of nitrogens with one attached hydrogen (secondary N) is 1. The molecule has 3 aromatic carbocycles. The molecule has 0 aliphatic rings. The van der Waals surface area contributed by atoms with Crippen LogP contribution in [-0.4, -0.2) is 47.9 Å². The molecule has 0 saturated carbocycles. The van der Waals surface area contributed by atoms with Crippen LogP contribution in [0.1, 0.15) is 43.0 Å². The minimum absolute atomic E-state index is 0.201. The molecule has 3 aromatic rings. The van der Waals surface area contributed by atoms with Crippen molar-refractivity contribution in [1.82, 2.24) is 5.32 Å². The molecule has 3 rings (SSSR count). The molecule has 0 unspecified atom stereocenters. The second kappa shape index (κ2) is 16.1. The van der Waals surface area contributed by atoms with Crippen LogP contribution in [0.3, 0.4) is 0 Å². The van der Waals surface area contributed by atoms with Gasteiger partial charge in [-0.2, -0.15) is 0 Å². The highest BCUT2D eigenvalue weighted by molar-refractivity contribution is 7.91. The average Bonchev–Trinajstić information content (AvgIpc) is 2.96. The van der Waals surface area contributed by atoms with Gasteiger partial charge in [-0.15, -0.1) is 0 Å². The van der Waals surface area contributed by atoms with Crippen molar-refractivity contribution >= 4 is 18.2 Å². The Morgan fingerprint density at radius 3 is 1.92 bits per heavy atom. The summed E-state index contributed by atoms with van der Waals surface area (Å²) in [6, 6.07) is 30.1. The second-order valence-electron chi connectivity index (χ2n) is 9.80. The first-order chi connectivity index (χ1) is 18.7. The Kier molecular flexibility index (Phi) is 13.5. The van der Waals surface area contributed by atoms with Crippen LogP contribution in [0.2, 0.25) is 18.1 Å². The van der Waals surface area contributed by atoms with Gasteiger partial charge in [0.25, 0.3) is 0 Å². The van der Waals surface area contributed by atoms with Crippen molar-refractivity contribution < 1.29 is 18.0 Å². The molecule has 0 saturated heterocycles. The molecule has 4 N–H and O–H groups in total. The van der Waals surface area contributed by atoms with Gasteiger partial charge in [0.1, 0.15) is 0 Å². The molecule has 6 nitrogen and oxygen atoms in total. The fourth-order valence-electron chi connectivity index (χ4n) is 4.59. The van der Waals surface area contributed by atoms with E-state index in [1.807, 2.05) is 54.6 Å². The molecular weight excluding hydrogens is 525 g/mol. The minimum atomic E-state index is -3.59. The van der Waals surface area contributed by atoms with Crippen molar-refractivity contribution in [3.05, 3.63) is 107 Å². The van der Waals surface area contributed by atoms with Crippen LogP contribution in [0.15, 0.2) is 84.9 Å². The van der Waals surface area contributed by atoms with Crippen molar-refractivity contribution in [2.24, 2.45) is 5.73 Å². The summed E-state index contributed by atoms with van der Waals surface area (Å²) in [6.45, 7) is 9.01. The van der Waals surface area contributed by atoms with E-state index in [2.05, 4.69) is 38.2 Å². The summed E-state index contributed by atoms with van der Waals surface area (Å²) in [5.74, 6) is 0. The zero-order valence-electron chi connectivity index (χ0n) is 23.9. The van der Waals surface area contributed by atoms with Crippen LogP contribution in [0.4, 0.5) is 0 Å². The molecule has 8 heteroatoms. The number of aliphatic hydroxyl groups excluding tert-OH is 1. The number of aliphatic hydroxyl groups is 1. The first-order valence-corrected chi connectivity index (χ1v) is 18.2. The normalized spacial score (nSPS) is 13.3. The molecule has 39 heavy (non-hydrogen) atoms. The van der Waals surface area contributed by atoms with E-state index in [1.54, 1.807) is 18.2 Å². The second-order valence-corrected chi connectivity index (χ2v) is 16.8. The third-order valence-corrected chi connectivity index (χ3v) is 13.7. The Morgan fingerprint density at radius 1 is 0.846 bits per heavy atom. The smallest absolute Gasteiger partial charge is 0.191 e. The summed E-state index contributed by atoms with van der Waals surface area (Å²) in [5, 5.41) is 11.6. The number of sulfone groups is 1. The predicted octanol–water partition coefficient (Wildman–Crippen LogP) is 5.22. The van der Waals surface area contributed by atoms with Gasteiger partial charge >= 0.3 is 0 Å². The van der Waals surface area contributed by atoms with E-state index in [-0.39, 0.29) is 6.61 Å². The van der Waals surface area contributed by atoms with E-state index in [9.17, 15) is 8.42 Å². The van der Waals surface area contributed by atoms with E-state index in [0.29, 0.717) is 24.3 Å². The highest BCUT2D eigenvalue weighted by atomic mass is 32.2. The van der Waals surface area contributed by atoms with E-state index in [1.165, 1.54) is 11.8 Å². The van der Waals surface area contributed by atoms with Gasteiger partial charge in [0.15, 0.2) is 23.0 Å². The summed E-state index contributed by atoms with van der Waals surface area (Å²) < 4.78 is 31.7. The largest absolute Gasteiger partial charge is 0.416 e. The maximum atomic E-state index is 12.7. The minimum Gasteiger partial charge on any atom is -0.416 e. The van der Waals surface area contributed by atoms with Crippen LogP contribution in [-0.2, 0) is 32.1 Å². The fraction of sp³-hybridized carbons (Fsp3) is 0.419. The Balaban J connectivity index is 0.000000404. The van der Waals surface area contributed by atoms with Crippen LogP contribution in [0.25, 0.3) is 0 Å². The molecule has 0 aliphatic carbocycles. The summed E-state index contributed by atoms with van der Waals surface area (Å²) in [6.07, 6.45) is 1.94. The molecule has 214 valence electrons. The standard InChI is InChI=1S/C22H33NO3SSi.C9H13NO/c1-5-28(6-2,7-3)26-17-16-19-12-11-15-21(18-19)22(23,27(4,24)25)20-13-9-8-10-14-20;11-7-6-10-8-9-4-2-1-3-5-9/h8-15,18H,5-7,16-17,23H2,1-4H3;1-5,10-11H,6-8H2/t22-;/m1./s1. The molecule has 0 amide bonds. The molecule has 0 bridgehead atoms. The van der Waals surface area contributed by atoms with Gasteiger partial charge in [0.05, 0.1) is 6.61 Å². The van der Waals surface area contributed by atoms with Gasteiger partial charge in [-0.3, -0.25) is 0 Å². The monoisotopic (exact) mass is 570 g/mol. The van der Waals surface area contributed by atoms with Crippen LogP contribution < -0.4 is 11.1 Å². The Labute approximate surface area is 236 Å². The third-order valence-electron chi connectivity index (χ3n) is 7.34.